The molecule has 1 saturated heterocycles. The molecule has 1 N–H and O–H groups in total. The number of nitrogens with zero attached hydrogens (tertiary/aromatic N) is 2. The average Bonchev–Trinajstić information content (AvgIpc) is 3.12. The third kappa shape index (κ3) is 6.16. The molecule has 0 radical (unpaired) electrons. The van der Waals surface area contributed by atoms with Crippen LogP contribution in [0.1, 0.15) is 28.4 Å². The first-order chi connectivity index (χ1) is 17.3. The van der Waals surface area contributed by atoms with Crippen LogP contribution in [0.4, 0.5) is 5.69 Å². The molecule has 1 amide bonds. The molecule has 7 nitrogen and oxygen atoms in total. The van der Waals surface area contributed by atoms with Gasteiger partial charge in [0.15, 0.2) is 16.7 Å². The van der Waals surface area contributed by atoms with Gasteiger partial charge in [-0.25, -0.2) is 9.79 Å². The molecular weight excluding hydrogens is 544 g/mol. The number of rotatable bonds is 8. The van der Waals surface area contributed by atoms with Gasteiger partial charge >= 0.3 is 5.97 Å². The Morgan fingerprint density at radius 3 is 2.58 bits per heavy atom. The molecule has 1 aliphatic rings. The molecule has 9 heteroatoms. The molecule has 0 spiro atoms. The molecule has 0 aromatic heterocycles. The summed E-state index contributed by atoms with van der Waals surface area (Å²) < 4.78 is 12.8. The fraction of sp³-hybridized carbons (Fsp3) is 0.148. The van der Waals surface area contributed by atoms with Gasteiger partial charge in [0, 0.05) is 11.5 Å². The number of thioether (sulfide) groups is 1. The van der Waals surface area contributed by atoms with Gasteiger partial charge in [-0.2, -0.15) is 0 Å². The van der Waals surface area contributed by atoms with Crippen molar-refractivity contribution in [3.05, 3.63) is 92.8 Å². The minimum Gasteiger partial charge on any atom is -0.490 e. The van der Waals surface area contributed by atoms with Crippen molar-refractivity contribution in [2.24, 2.45) is 4.99 Å². The molecule has 3 aromatic carbocycles. The normalized spacial score (nSPS) is 15.5. The van der Waals surface area contributed by atoms with Crippen LogP contribution in [0.5, 0.6) is 11.5 Å². The van der Waals surface area contributed by atoms with Gasteiger partial charge in [-0.1, -0.05) is 40.2 Å². The predicted molar refractivity (Wildman–Crippen MR) is 145 cm³/mol. The van der Waals surface area contributed by atoms with Crippen molar-refractivity contribution in [3.63, 3.8) is 0 Å². The van der Waals surface area contributed by atoms with Crippen LogP contribution in [0.3, 0.4) is 0 Å². The Labute approximate surface area is 221 Å². The van der Waals surface area contributed by atoms with Crippen LogP contribution in [-0.2, 0) is 11.4 Å². The molecule has 3 aromatic rings. The fourth-order valence-electron chi connectivity index (χ4n) is 3.37. The van der Waals surface area contributed by atoms with E-state index in [1.807, 2.05) is 49.4 Å². The van der Waals surface area contributed by atoms with Crippen molar-refractivity contribution in [1.29, 1.82) is 0 Å². The largest absolute Gasteiger partial charge is 0.490 e. The number of aromatic carboxylic acids is 1. The fourth-order valence-corrected chi connectivity index (χ4v) is 4.62. The van der Waals surface area contributed by atoms with Gasteiger partial charge in [-0.3, -0.25) is 9.69 Å². The van der Waals surface area contributed by atoms with Gasteiger partial charge in [0.05, 0.1) is 22.8 Å². The lowest BCUT2D eigenvalue weighted by atomic mass is 10.1. The number of aliphatic imine (C=N–C) groups is 1. The van der Waals surface area contributed by atoms with Gasteiger partial charge in [0.2, 0.25) is 0 Å². The predicted octanol–water partition coefficient (Wildman–Crippen LogP) is 6.36. The number of halogens is 1. The Morgan fingerprint density at radius 2 is 1.86 bits per heavy atom. The van der Waals surface area contributed by atoms with Crippen molar-refractivity contribution in [3.8, 4) is 11.5 Å². The van der Waals surface area contributed by atoms with E-state index < -0.39 is 5.97 Å². The van der Waals surface area contributed by atoms with E-state index >= 15 is 0 Å². The maximum absolute atomic E-state index is 12.8. The quantitative estimate of drug-likeness (QED) is 0.319. The van der Waals surface area contributed by atoms with E-state index in [2.05, 4.69) is 20.9 Å². The van der Waals surface area contributed by atoms with E-state index in [-0.39, 0.29) is 11.5 Å². The number of amidine groups is 1. The highest BCUT2D eigenvalue weighted by Gasteiger charge is 2.30. The topological polar surface area (TPSA) is 88.4 Å². The molecular formula is C27H23BrN2O5S. The Bertz CT molecular complexity index is 1350. The summed E-state index contributed by atoms with van der Waals surface area (Å²) in [6.07, 6.45) is 1.78. The van der Waals surface area contributed by atoms with Crippen LogP contribution in [0.2, 0.25) is 0 Å². The van der Waals surface area contributed by atoms with Crippen molar-refractivity contribution in [2.75, 3.05) is 13.7 Å². The second-order valence-electron chi connectivity index (χ2n) is 7.78. The number of benzene rings is 3. The van der Waals surface area contributed by atoms with Crippen molar-refractivity contribution < 1.29 is 24.2 Å². The Hall–Kier alpha value is -3.56. The highest BCUT2D eigenvalue weighted by molar-refractivity contribution is 9.10. The maximum atomic E-state index is 12.8. The number of hydrogen-bond acceptors (Lipinski definition) is 6. The molecule has 1 heterocycles. The second-order valence-corrected chi connectivity index (χ2v) is 9.70. The number of carbonyl (C=O) groups excluding carboxylic acids is 1. The third-order valence-electron chi connectivity index (χ3n) is 5.19. The van der Waals surface area contributed by atoms with Crippen molar-refractivity contribution in [1.82, 2.24) is 4.90 Å². The Balaban J connectivity index is 1.54. The summed E-state index contributed by atoms with van der Waals surface area (Å²) in [7, 11) is 1.64. The van der Waals surface area contributed by atoms with Crippen LogP contribution in [0.15, 0.2) is 81.1 Å². The van der Waals surface area contributed by atoms with Gasteiger partial charge in [-0.15, -0.1) is 0 Å². The molecule has 184 valence electrons. The van der Waals surface area contributed by atoms with E-state index in [0.29, 0.717) is 40.5 Å². The van der Waals surface area contributed by atoms with Gasteiger partial charge in [0.1, 0.15) is 6.61 Å². The first-order valence-corrected chi connectivity index (χ1v) is 12.7. The molecule has 0 aliphatic carbocycles. The molecule has 0 atom stereocenters. The summed E-state index contributed by atoms with van der Waals surface area (Å²) in [5.41, 5.74) is 2.41. The van der Waals surface area contributed by atoms with Crippen LogP contribution >= 0.6 is 27.7 Å². The zero-order valence-electron chi connectivity index (χ0n) is 19.6. The molecule has 0 bridgehead atoms. The van der Waals surface area contributed by atoms with Crippen LogP contribution < -0.4 is 9.47 Å². The highest BCUT2D eigenvalue weighted by Crippen LogP contribution is 2.35. The smallest absolute Gasteiger partial charge is 0.335 e. The molecule has 0 saturated carbocycles. The molecule has 0 unspecified atom stereocenters. The molecule has 1 aliphatic heterocycles. The van der Waals surface area contributed by atoms with Gasteiger partial charge in [0.25, 0.3) is 5.91 Å². The van der Waals surface area contributed by atoms with E-state index in [1.165, 1.54) is 28.8 Å². The van der Waals surface area contributed by atoms with Crippen LogP contribution in [-0.4, -0.2) is 40.7 Å². The zero-order valence-corrected chi connectivity index (χ0v) is 22.0. The Kier molecular flexibility index (Phi) is 8.12. The molecule has 4 rings (SSSR count). The number of amides is 1. The molecule has 1 fully saturated rings. The third-order valence-corrected chi connectivity index (χ3v) is 6.78. The van der Waals surface area contributed by atoms with E-state index in [0.717, 1.165) is 15.6 Å². The second kappa shape index (κ2) is 11.5. The number of carboxylic acid groups (broad SMARTS) is 1. The van der Waals surface area contributed by atoms with Crippen molar-refractivity contribution in [2.45, 2.75) is 13.5 Å². The van der Waals surface area contributed by atoms with E-state index in [9.17, 15) is 14.7 Å². The summed E-state index contributed by atoms with van der Waals surface area (Å²) in [5, 5.41) is 9.67. The lowest BCUT2D eigenvalue weighted by Gasteiger charge is -2.13. The highest BCUT2D eigenvalue weighted by atomic mass is 79.9. The minimum atomic E-state index is -1.03. The summed E-state index contributed by atoms with van der Waals surface area (Å²) in [5.74, 6) is -0.0192. The number of hydrogen-bond donors (Lipinski definition) is 1. The summed E-state index contributed by atoms with van der Waals surface area (Å²) in [4.78, 5) is 30.5. The first kappa shape index (κ1) is 25.5. The summed E-state index contributed by atoms with van der Waals surface area (Å²) in [6, 6.07) is 19.7. The monoisotopic (exact) mass is 566 g/mol. The molecule has 36 heavy (non-hydrogen) atoms. The number of likely N-dealkylation sites (N-methyl/N-ethyl adjacent to an activating group) is 1. The summed E-state index contributed by atoms with van der Waals surface area (Å²) >= 11 is 4.66. The average molecular weight is 567 g/mol. The van der Waals surface area contributed by atoms with Crippen LogP contribution in [0.25, 0.3) is 6.08 Å². The number of carbonyl (C=O) groups is 2. The van der Waals surface area contributed by atoms with Crippen molar-refractivity contribution >= 4 is 56.5 Å². The van der Waals surface area contributed by atoms with Gasteiger partial charge in [-0.05, 0) is 78.4 Å². The van der Waals surface area contributed by atoms with Gasteiger partial charge < -0.3 is 14.6 Å². The lowest BCUT2D eigenvalue weighted by molar-refractivity contribution is -0.121. The van der Waals surface area contributed by atoms with E-state index in [1.54, 1.807) is 25.3 Å². The zero-order chi connectivity index (χ0) is 25.7. The van der Waals surface area contributed by atoms with Crippen LogP contribution in [0, 0.1) is 0 Å². The standard InChI is InChI=1S/C27H23BrN2O5S/c1-3-34-23-13-18(9-12-22(23)35-16-17-7-10-20(28)11-8-17)14-24-25(31)30(2)27(36-24)29-21-6-4-5-19(15-21)26(32)33/h4-15H,3,16H2,1-2H3,(H,32,33). The minimum absolute atomic E-state index is 0.135. The summed E-state index contributed by atoms with van der Waals surface area (Å²) in [6.45, 7) is 2.77. The number of ether oxygens (including phenoxy) is 2. The Morgan fingerprint density at radius 1 is 1.08 bits per heavy atom. The SMILES string of the molecule is CCOc1cc(C=C2SC(=Nc3cccc(C(=O)O)c3)N(C)C2=O)ccc1OCc1ccc(Br)cc1. The lowest BCUT2D eigenvalue weighted by Crippen LogP contribution is -2.23. The van der Waals surface area contributed by atoms with E-state index in [4.69, 9.17) is 9.47 Å². The maximum Gasteiger partial charge on any atom is 0.335 e. The number of carboxylic acids is 1. The first-order valence-electron chi connectivity index (χ1n) is 11.1.